The molecular formula is C47H67FN4O5. The van der Waals surface area contributed by atoms with Crippen LogP contribution in [-0.2, 0) is 32.1 Å². The maximum absolute atomic E-state index is 14.4. The number of aromatic nitrogens is 3. The highest BCUT2D eigenvalue weighted by Gasteiger charge is 2.70. The standard InChI is InChI=1S/C47H67FN4O5/c1-28(2)38-32(53)25-47(26-36-50-51-40(52(36)24-23-49-10)29-11-13-30(48)14-12-29)22-21-45(8)31(39(38)47)15-16-34-44(7)19-18-35(57-37(54)27-42(3,4)41(55)56)43(5,6)33(44)17-20-46(34,45)9/h11-14,28,31,33-35,49H,15-27H2,1-10H3,(H,55,56)/t31-,33+,34-,35+,44+,45-,46-,47+/m1/s1. The largest absolute Gasteiger partial charge is 0.481 e. The molecule has 0 spiro atoms. The quantitative estimate of drug-likeness (QED) is 0.216. The van der Waals surface area contributed by atoms with Gasteiger partial charge in [0, 0.05) is 42.3 Å². The van der Waals surface area contributed by atoms with E-state index in [1.54, 1.807) is 26.0 Å². The van der Waals surface area contributed by atoms with Gasteiger partial charge >= 0.3 is 11.9 Å². The fourth-order valence-corrected chi connectivity index (χ4v) is 13.8. The summed E-state index contributed by atoms with van der Waals surface area (Å²) in [5, 5.41) is 22.5. The van der Waals surface area contributed by atoms with Gasteiger partial charge in [-0.25, -0.2) is 4.39 Å². The van der Waals surface area contributed by atoms with Crippen LogP contribution >= 0.6 is 0 Å². The number of ether oxygens (including phenoxy) is 1. The second kappa shape index (κ2) is 14.4. The van der Waals surface area contributed by atoms with Crippen molar-refractivity contribution in [2.45, 2.75) is 146 Å². The van der Waals surface area contributed by atoms with Crippen LogP contribution in [0.4, 0.5) is 4.39 Å². The van der Waals surface area contributed by atoms with Crippen LogP contribution in [0, 0.1) is 62.0 Å². The van der Waals surface area contributed by atoms with Crippen molar-refractivity contribution in [2.75, 3.05) is 13.6 Å². The lowest BCUT2D eigenvalue weighted by molar-refractivity contribution is -0.233. The van der Waals surface area contributed by atoms with E-state index >= 15 is 0 Å². The third-order valence-corrected chi connectivity index (χ3v) is 17.0. The lowest BCUT2D eigenvalue weighted by Gasteiger charge is -2.72. The predicted molar refractivity (Wildman–Crippen MR) is 218 cm³/mol. The Morgan fingerprint density at radius 3 is 2.32 bits per heavy atom. The summed E-state index contributed by atoms with van der Waals surface area (Å²) in [6.07, 6.45) is 8.81. The minimum atomic E-state index is -1.17. The average molecular weight is 787 g/mol. The second-order valence-electron chi connectivity index (χ2n) is 21.1. The number of esters is 1. The molecule has 4 saturated carbocycles. The lowest BCUT2D eigenvalue weighted by Crippen LogP contribution is -2.65. The van der Waals surface area contributed by atoms with Crippen molar-refractivity contribution in [3.05, 3.63) is 47.1 Å². The number of ketones is 1. The molecule has 8 atom stereocenters. The van der Waals surface area contributed by atoms with E-state index in [0.717, 1.165) is 80.7 Å². The van der Waals surface area contributed by atoms with Crippen molar-refractivity contribution in [1.82, 2.24) is 20.1 Å². The number of nitrogens with one attached hydrogen (secondary N) is 1. The number of nitrogens with zero attached hydrogens (tertiary/aromatic N) is 3. The number of rotatable bonds is 11. The first-order valence-electron chi connectivity index (χ1n) is 21.7. The van der Waals surface area contributed by atoms with E-state index in [-0.39, 0.29) is 51.3 Å². The van der Waals surface area contributed by atoms with Crippen LogP contribution in [-0.4, -0.2) is 57.3 Å². The molecule has 1 aromatic heterocycles. The van der Waals surface area contributed by atoms with E-state index in [4.69, 9.17) is 14.9 Å². The number of aliphatic carboxylic acids is 1. The molecule has 0 amide bonds. The first kappa shape index (κ1) is 41.7. The van der Waals surface area contributed by atoms with E-state index in [1.807, 2.05) is 7.05 Å². The predicted octanol–water partition coefficient (Wildman–Crippen LogP) is 9.24. The average Bonchev–Trinajstić information content (AvgIpc) is 3.66. The minimum absolute atomic E-state index is 0.00242. The first-order valence-corrected chi connectivity index (χ1v) is 21.7. The van der Waals surface area contributed by atoms with Crippen molar-refractivity contribution in [3.8, 4) is 11.4 Å². The Bertz CT molecular complexity index is 1950. The lowest BCUT2D eigenvalue weighted by atomic mass is 9.33. The Balaban J connectivity index is 1.20. The molecule has 7 rings (SSSR count). The molecule has 2 N–H and O–H groups in total. The van der Waals surface area contributed by atoms with Gasteiger partial charge in [-0.2, -0.15) is 0 Å². The van der Waals surface area contributed by atoms with Gasteiger partial charge in [-0.15, -0.1) is 10.2 Å². The zero-order chi connectivity index (χ0) is 41.5. The summed E-state index contributed by atoms with van der Waals surface area (Å²) in [7, 11) is 1.94. The zero-order valence-electron chi connectivity index (χ0n) is 36.2. The van der Waals surface area contributed by atoms with Crippen LogP contribution < -0.4 is 5.32 Å². The first-order chi connectivity index (χ1) is 26.6. The number of carbonyl (C=O) groups excluding carboxylic acids is 2. The fraction of sp³-hybridized carbons (Fsp3) is 0.723. The van der Waals surface area contributed by atoms with Gasteiger partial charge < -0.3 is 19.7 Å². The van der Waals surface area contributed by atoms with Gasteiger partial charge in [-0.3, -0.25) is 14.4 Å². The summed E-state index contributed by atoms with van der Waals surface area (Å²) in [6.45, 7) is 21.2. The number of Topliss-reactive ketones (excluding diaryl/α,β-unsaturated/α-hetero) is 1. The normalized spacial score (nSPS) is 34.7. The molecule has 0 aliphatic heterocycles. The van der Waals surface area contributed by atoms with Crippen LogP contribution in [0.5, 0.6) is 0 Å². The number of carbonyl (C=O) groups is 3. The van der Waals surface area contributed by atoms with Gasteiger partial charge in [0.1, 0.15) is 17.7 Å². The van der Waals surface area contributed by atoms with Gasteiger partial charge in [0.2, 0.25) is 0 Å². The summed E-state index contributed by atoms with van der Waals surface area (Å²) >= 11 is 0. The van der Waals surface area contributed by atoms with Gasteiger partial charge in [0.15, 0.2) is 11.6 Å². The SMILES string of the molecule is CNCCn1c(C[C@@]23CC[C@]4(C)[C@H](CC[C@@H]5[C@@]6(C)CC[C@H](OC(=O)CC(C)(C)C(=O)O)C(C)(C)[C@@H]6CC[C@]54C)C2=C(C(C)C)C(=O)C3)nnc1-c1ccc(F)cc1. The number of hydrogen-bond donors (Lipinski definition) is 2. The Morgan fingerprint density at radius 2 is 1.67 bits per heavy atom. The number of likely N-dealkylation sites (N-methyl/N-ethyl adjacent to an activating group) is 1. The van der Waals surface area contributed by atoms with Crippen LogP contribution in [0.1, 0.15) is 132 Å². The fourth-order valence-electron chi connectivity index (χ4n) is 13.8. The maximum atomic E-state index is 14.4. The molecule has 0 bridgehead atoms. The Morgan fingerprint density at radius 1 is 0.965 bits per heavy atom. The zero-order valence-corrected chi connectivity index (χ0v) is 36.2. The number of carboxylic acid groups (broad SMARTS) is 1. The van der Waals surface area contributed by atoms with Crippen molar-refractivity contribution in [1.29, 1.82) is 0 Å². The summed E-state index contributed by atoms with van der Waals surface area (Å²) in [5.74, 6) is 1.50. The number of hydrogen-bond acceptors (Lipinski definition) is 7. The number of benzene rings is 1. The molecule has 57 heavy (non-hydrogen) atoms. The van der Waals surface area contributed by atoms with Gasteiger partial charge in [0.25, 0.3) is 0 Å². The molecule has 312 valence electrons. The molecular weight excluding hydrogens is 720 g/mol. The molecule has 4 fully saturated rings. The molecule has 0 radical (unpaired) electrons. The van der Waals surface area contributed by atoms with Crippen molar-refractivity contribution in [3.63, 3.8) is 0 Å². The highest BCUT2D eigenvalue weighted by Crippen LogP contribution is 2.77. The maximum Gasteiger partial charge on any atom is 0.309 e. The summed E-state index contributed by atoms with van der Waals surface area (Å²) < 4.78 is 22.3. The van der Waals surface area contributed by atoms with Crippen LogP contribution in [0.3, 0.4) is 0 Å². The molecule has 2 aromatic rings. The topological polar surface area (TPSA) is 123 Å². The van der Waals surface area contributed by atoms with Crippen LogP contribution in [0.2, 0.25) is 0 Å². The molecule has 5 aliphatic carbocycles. The molecule has 9 nitrogen and oxygen atoms in total. The van der Waals surface area contributed by atoms with Crippen molar-refractivity contribution in [2.24, 2.45) is 56.2 Å². The molecule has 5 aliphatic rings. The summed E-state index contributed by atoms with van der Waals surface area (Å²) in [5.41, 5.74) is 1.68. The van der Waals surface area contributed by atoms with E-state index in [9.17, 15) is 23.9 Å². The number of carboxylic acids is 1. The van der Waals surface area contributed by atoms with Crippen LogP contribution in [0.15, 0.2) is 35.4 Å². The number of halogens is 1. The van der Waals surface area contributed by atoms with E-state index in [2.05, 4.69) is 58.4 Å². The number of allylic oxidation sites excluding steroid dienone is 2. The monoisotopic (exact) mass is 787 g/mol. The van der Waals surface area contributed by atoms with Crippen LogP contribution in [0.25, 0.3) is 11.4 Å². The molecule has 10 heteroatoms. The molecule has 1 aromatic carbocycles. The summed E-state index contributed by atoms with van der Waals surface area (Å²) in [6, 6.07) is 6.47. The van der Waals surface area contributed by atoms with Gasteiger partial charge in [-0.1, -0.05) is 54.0 Å². The second-order valence-corrected chi connectivity index (χ2v) is 21.1. The Hall–Kier alpha value is -3.40. The smallest absolute Gasteiger partial charge is 0.309 e. The van der Waals surface area contributed by atoms with Crippen molar-refractivity contribution >= 4 is 17.7 Å². The Kier molecular flexibility index (Phi) is 10.6. The van der Waals surface area contributed by atoms with E-state index < -0.39 is 17.4 Å². The highest BCUT2D eigenvalue weighted by atomic mass is 19.1. The molecule has 0 unspecified atom stereocenters. The minimum Gasteiger partial charge on any atom is -0.481 e. The van der Waals surface area contributed by atoms with E-state index in [0.29, 0.717) is 42.9 Å². The third-order valence-electron chi connectivity index (χ3n) is 17.0. The highest BCUT2D eigenvalue weighted by molar-refractivity contribution is 6.00. The summed E-state index contributed by atoms with van der Waals surface area (Å²) in [4.78, 5) is 39.3. The van der Waals surface area contributed by atoms with Gasteiger partial charge in [-0.05, 0) is 142 Å². The molecule has 0 saturated heterocycles. The Labute approximate surface area is 339 Å². The van der Waals surface area contributed by atoms with E-state index in [1.165, 1.54) is 17.7 Å². The van der Waals surface area contributed by atoms with Gasteiger partial charge in [0.05, 0.1) is 11.8 Å². The molecule has 1 heterocycles. The number of fused-ring (bicyclic) bond motifs is 7. The van der Waals surface area contributed by atoms with Crippen molar-refractivity contribution < 1.29 is 28.6 Å². The third kappa shape index (κ3) is 6.53.